The number of aliphatic hydroxyl groups is 1. The van der Waals surface area contributed by atoms with Gasteiger partial charge < -0.3 is 19.9 Å². The number of methoxy groups -OCH3 is 2. The minimum atomic E-state index is -5.12. The summed E-state index contributed by atoms with van der Waals surface area (Å²) in [6.45, 7) is 2.22. The number of pyridine rings is 1. The van der Waals surface area contributed by atoms with E-state index < -0.39 is 30.2 Å². The molecule has 0 aliphatic rings. The van der Waals surface area contributed by atoms with Crippen molar-refractivity contribution in [2.75, 3.05) is 26.1 Å². The fourth-order valence-corrected chi connectivity index (χ4v) is 3.79. The Labute approximate surface area is 183 Å². The molecule has 172 valence electrons. The van der Waals surface area contributed by atoms with Crippen molar-refractivity contribution in [3.8, 4) is 5.75 Å². The van der Waals surface area contributed by atoms with E-state index in [9.17, 15) is 22.7 Å². The van der Waals surface area contributed by atoms with Gasteiger partial charge in [-0.3, -0.25) is 4.98 Å². The summed E-state index contributed by atoms with van der Waals surface area (Å²) in [6, 6.07) is 8.56. The van der Waals surface area contributed by atoms with Crippen LogP contribution in [0.4, 0.5) is 23.2 Å². The van der Waals surface area contributed by atoms with Crippen molar-refractivity contribution in [2.45, 2.75) is 31.7 Å². The molecule has 0 spiro atoms. The Hall–Kier alpha value is -2.91. The predicted octanol–water partition coefficient (Wildman–Crippen LogP) is 5.09. The van der Waals surface area contributed by atoms with Gasteiger partial charge in [0.2, 0.25) is 5.60 Å². The standard InChI is InChI=1S/C23H24F4N2O3/c1-13-10-15(24)11-17(20(13)32-4)21(22(30,12-31-3)23(25,26)27)29-19-7-5-6-18-16(19)9-8-14(2)28-18/h5-11,21,29-30H,12H2,1-4H3. The molecule has 2 atom stereocenters. The summed E-state index contributed by atoms with van der Waals surface area (Å²) in [5.41, 5.74) is -1.75. The number of halogens is 4. The van der Waals surface area contributed by atoms with E-state index in [0.717, 1.165) is 24.9 Å². The van der Waals surface area contributed by atoms with Gasteiger partial charge in [0.15, 0.2) is 0 Å². The summed E-state index contributed by atoms with van der Waals surface area (Å²) in [7, 11) is 2.32. The topological polar surface area (TPSA) is 63.6 Å². The van der Waals surface area contributed by atoms with E-state index in [-0.39, 0.29) is 22.6 Å². The largest absolute Gasteiger partial charge is 0.496 e. The molecule has 32 heavy (non-hydrogen) atoms. The Balaban J connectivity index is 2.28. The first-order chi connectivity index (χ1) is 15.0. The quantitative estimate of drug-likeness (QED) is 0.489. The van der Waals surface area contributed by atoms with Gasteiger partial charge in [-0.1, -0.05) is 6.07 Å². The molecule has 0 fully saturated rings. The monoisotopic (exact) mass is 452 g/mol. The average molecular weight is 452 g/mol. The third-order valence-electron chi connectivity index (χ3n) is 5.29. The number of alkyl halides is 3. The molecule has 9 heteroatoms. The molecule has 2 unspecified atom stereocenters. The Kier molecular flexibility index (Phi) is 6.61. The van der Waals surface area contributed by atoms with Gasteiger partial charge in [0.05, 0.1) is 25.3 Å². The maximum absolute atomic E-state index is 14.3. The van der Waals surface area contributed by atoms with Crippen molar-refractivity contribution in [3.05, 3.63) is 65.1 Å². The Morgan fingerprint density at radius 3 is 2.44 bits per heavy atom. The minimum Gasteiger partial charge on any atom is -0.496 e. The SMILES string of the molecule is COCC(O)(C(Nc1cccc2nc(C)ccc12)c1cc(F)cc(C)c1OC)C(F)(F)F. The fraction of sp³-hybridized carbons (Fsp3) is 0.348. The Morgan fingerprint density at radius 2 is 1.81 bits per heavy atom. The van der Waals surface area contributed by atoms with E-state index in [1.54, 1.807) is 37.3 Å². The smallest absolute Gasteiger partial charge is 0.421 e. The molecule has 2 aromatic carbocycles. The van der Waals surface area contributed by atoms with Gasteiger partial charge in [0.25, 0.3) is 0 Å². The second kappa shape index (κ2) is 8.91. The van der Waals surface area contributed by atoms with Crippen LogP contribution in [0.15, 0.2) is 42.5 Å². The van der Waals surface area contributed by atoms with Crippen LogP contribution in [0.3, 0.4) is 0 Å². The van der Waals surface area contributed by atoms with E-state index in [0.29, 0.717) is 10.9 Å². The van der Waals surface area contributed by atoms with Crippen LogP contribution < -0.4 is 10.1 Å². The van der Waals surface area contributed by atoms with E-state index in [1.165, 1.54) is 14.0 Å². The summed E-state index contributed by atoms with van der Waals surface area (Å²) < 4.78 is 67.0. The number of aryl methyl sites for hydroxylation is 2. The second-order valence-corrected chi connectivity index (χ2v) is 7.60. The number of aromatic nitrogens is 1. The van der Waals surface area contributed by atoms with Crippen LogP contribution >= 0.6 is 0 Å². The summed E-state index contributed by atoms with van der Waals surface area (Å²) >= 11 is 0. The first kappa shape index (κ1) is 23.7. The normalized spacial score (nSPS) is 14.8. The molecule has 1 aromatic heterocycles. The van der Waals surface area contributed by atoms with Gasteiger partial charge >= 0.3 is 6.18 Å². The van der Waals surface area contributed by atoms with Gasteiger partial charge in [0, 0.05) is 29.4 Å². The molecule has 3 aromatic rings. The molecule has 0 saturated carbocycles. The number of anilines is 1. The van der Waals surface area contributed by atoms with Crippen LogP contribution in [-0.4, -0.2) is 42.7 Å². The number of hydrogen-bond donors (Lipinski definition) is 2. The Bertz CT molecular complexity index is 1120. The second-order valence-electron chi connectivity index (χ2n) is 7.60. The van der Waals surface area contributed by atoms with Crippen LogP contribution in [0.1, 0.15) is 22.9 Å². The van der Waals surface area contributed by atoms with Crippen molar-refractivity contribution in [1.82, 2.24) is 4.98 Å². The molecule has 0 radical (unpaired) electrons. The molecule has 5 nitrogen and oxygen atoms in total. The average Bonchev–Trinajstić information content (AvgIpc) is 2.70. The first-order valence-corrected chi connectivity index (χ1v) is 9.77. The zero-order valence-corrected chi connectivity index (χ0v) is 18.0. The lowest BCUT2D eigenvalue weighted by Gasteiger charge is -2.39. The maximum Gasteiger partial charge on any atom is 0.421 e. The zero-order chi connectivity index (χ0) is 23.7. The molecular formula is C23H24F4N2O3. The lowest BCUT2D eigenvalue weighted by molar-refractivity contribution is -0.279. The summed E-state index contributed by atoms with van der Waals surface area (Å²) in [5, 5.41) is 14.3. The van der Waals surface area contributed by atoms with E-state index >= 15 is 0 Å². The van der Waals surface area contributed by atoms with Gasteiger partial charge in [-0.2, -0.15) is 13.2 Å². The number of hydrogen-bond acceptors (Lipinski definition) is 5. The molecule has 0 aliphatic carbocycles. The number of nitrogens with one attached hydrogen (secondary N) is 1. The summed E-state index contributed by atoms with van der Waals surface area (Å²) in [5.74, 6) is -0.737. The maximum atomic E-state index is 14.3. The molecule has 0 aliphatic heterocycles. The van der Waals surface area contributed by atoms with Crippen LogP contribution in [0, 0.1) is 19.7 Å². The zero-order valence-electron chi connectivity index (χ0n) is 18.0. The van der Waals surface area contributed by atoms with E-state index in [2.05, 4.69) is 10.3 Å². The number of ether oxygens (including phenoxy) is 2. The highest BCUT2D eigenvalue weighted by Crippen LogP contribution is 2.46. The number of nitrogens with zero attached hydrogens (tertiary/aromatic N) is 1. The van der Waals surface area contributed by atoms with Crippen molar-refractivity contribution >= 4 is 16.6 Å². The lowest BCUT2D eigenvalue weighted by Crippen LogP contribution is -2.56. The summed E-state index contributed by atoms with van der Waals surface area (Å²) in [4.78, 5) is 4.39. The minimum absolute atomic E-state index is 0.0249. The molecular weight excluding hydrogens is 428 g/mol. The van der Waals surface area contributed by atoms with Crippen LogP contribution in [-0.2, 0) is 4.74 Å². The Morgan fingerprint density at radius 1 is 1.09 bits per heavy atom. The van der Waals surface area contributed by atoms with Gasteiger partial charge in [-0.05, 0) is 55.8 Å². The van der Waals surface area contributed by atoms with Crippen molar-refractivity contribution < 1.29 is 32.1 Å². The van der Waals surface area contributed by atoms with Gasteiger partial charge in [-0.15, -0.1) is 0 Å². The van der Waals surface area contributed by atoms with Crippen molar-refractivity contribution in [1.29, 1.82) is 0 Å². The fourth-order valence-electron chi connectivity index (χ4n) is 3.79. The highest BCUT2D eigenvalue weighted by molar-refractivity contribution is 5.91. The molecule has 1 heterocycles. The van der Waals surface area contributed by atoms with Gasteiger partial charge in [-0.25, -0.2) is 4.39 Å². The van der Waals surface area contributed by atoms with E-state index in [4.69, 9.17) is 9.47 Å². The highest BCUT2D eigenvalue weighted by Gasteiger charge is 2.60. The van der Waals surface area contributed by atoms with Gasteiger partial charge in [0.1, 0.15) is 11.6 Å². The molecule has 0 bridgehead atoms. The van der Waals surface area contributed by atoms with Crippen LogP contribution in [0.25, 0.3) is 10.9 Å². The lowest BCUT2D eigenvalue weighted by atomic mass is 9.86. The molecule has 0 amide bonds. The predicted molar refractivity (Wildman–Crippen MR) is 113 cm³/mol. The summed E-state index contributed by atoms with van der Waals surface area (Å²) in [6.07, 6.45) is -5.12. The number of fused-ring (bicyclic) bond motifs is 1. The van der Waals surface area contributed by atoms with Crippen molar-refractivity contribution in [2.24, 2.45) is 0 Å². The highest BCUT2D eigenvalue weighted by atomic mass is 19.4. The van der Waals surface area contributed by atoms with Crippen LogP contribution in [0.5, 0.6) is 5.75 Å². The number of benzene rings is 2. The molecule has 3 rings (SSSR count). The number of rotatable bonds is 7. The van der Waals surface area contributed by atoms with Crippen LogP contribution in [0.2, 0.25) is 0 Å². The van der Waals surface area contributed by atoms with Crippen molar-refractivity contribution in [3.63, 3.8) is 0 Å². The van der Waals surface area contributed by atoms with E-state index in [1.807, 2.05) is 0 Å². The third-order valence-corrected chi connectivity index (χ3v) is 5.29. The molecule has 0 saturated heterocycles. The molecule has 2 N–H and O–H groups in total. The third kappa shape index (κ3) is 4.35. The first-order valence-electron chi connectivity index (χ1n) is 9.77.